The third kappa shape index (κ3) is 2.16. The molecule has 0 aromatic heterocycles. The van der Waals surface area contributed by atoms with Crippen LogP contribution in [0, 0.1) is 0 Å². The van der Waals surface area contributed by atoms with Crippen LogP contribution >= 0.6 is 0 Å². The summed E-state index contributed by atoms with van der Waals surface area (Å²) >= 11 is 0. The van der Waals surface area contributed by atoms with Crippen LogP contribution < -0.4 is 4.74 Å². The molecular formula is C15H12O8. The third-order valence-corrected chi connectivity index (χ3v) is 3.59. The Morgan fingerprint density at radius 3 is 2.22 bits per heavy atom. The van der Waals surface area contributed by atoms with E-state index in [0.717, 1.165) is 18.2 Å². The number of Topliss-reactive ketones (excluding diaryl/α,β-unsaturated/α-hetero) is 1. The number of ketones is 1. The van der Waals surface area contributed by atoms with E-state index in [0.29, 0.717) is 0 Å². The van der Waals surface area contributed by atoms with Gasteiger partial charge < -0.3 is 35.4 Å². The Morgan fingerprint density at radius 1 is 0.870 bits per heavy atom. The molecule has 0 amide bonds. The predicted octanol–water partition coefficient (Wildman–Crippen LogP) is 0.892. The first-order chi connectivity index (χ1) is 10.8. The molecule has 23 heavy (non-hydrogen) atoms. The van der Waals surface area contributed by atoms with Gasteiger partial charge in [0.05, 0.1) is 0 Å². The van der Waals surface area contributed by atoms with E-state index in [2.05, 4.69) is 0 Å². The fourth-order valence-corrected chi connectivity index (χ4v) is 2.42. The van der Waals surface area contributed by atoms with Crippen molar-refractivity contribution < 1.29 is 40.2 Å². The van der Waals surface area contributed by atoms with Crippen LogP contribution in [0.25, 0.3) is 0 Å². The summed E-state index contributed by atoms with van der Waals surface area (Å²) in [5, 5.41) is 58.0. The van der Waals surface area contributed by atoms with Gasteiger partial charge in [-0.15, -0.1) is 0 Å². The molecule has 1 aliphatic rings. The molecule has 0 saturated heterocycles. The van der Waals surface area contributed by atoms with Crippen LogP contribution in [-0.2, 0) is 0 Å². The number of benzene rings is 2. The molecule has 0 unspecified atom stereocenters. The second kappa shape index (κ2) is 4.96. The number of aliphatic hydroxyl groups is 1. The topological polar surface area (TPSA) is 148 Å². The van der Waals surface area contributed by atoms with Crippen LogP contribution in [0.2, 0.25) is 0 Å². The number of carbonyl (C=O) groups excluding carboxylic acids is 1. The van der Waals surface area contributed by atoms with Crippen molar-refractivity contribution in [2.75, 3.05) is 0 Å². The summed E-state index contributed by atoms with van der Waals surface area (Å²) in [6, 6.07) is 4.29. The Balaban J connectivity index is 2.14. The van der Waals surface area contributed by atoms with Crippen LogP contribution in [0.5, 0.6) is 34.5 Å². The smallest absolute Gasteiger partial charge is 0.203 e. The number of hydrogen-bond acceptors (Lipinski definition) is 8. The third-order valence-electron chi connectivity index (χ3n) is 3.59. The normalized spacial score (nSPS) is 20.0. The first-order valence-corrected chi connectivity index (χ1v) is 6.50. The van der Waals surface area contributed by atoms with Gasteiger partial charge in [0.1, 0.15) is 11.3 Å². The van der Waals surface area contributed by atoms with E-state index in [1.54, 1.807) is 0 Å². The standard InChI is InChI=1S/C15H12O8/c16-6-2-1-5(3-7(6)17)14-13(22)12(21)10-8(18)4-9(19)11(20)15(10)23-14/h1-4,13-14,16-20,22H/t13-,14+/m0/s1. The second-order valence-electron chi connectivity index (χ2n) is 5.06. The van der Waals surface area contributed by atoms with Crippen molar-refractivity contribution in [3.8, 4) is 34.5 Å². The van der Waals surface area contributed by atoms with Gasteiger partial charge in [0.15, 0.2) is 35.2 Å². The quantitative estimate of drug-likeness (QED) is 0.335. The highest BCUT2D eigenvalue weighted by molar-refractivity contribution is 6.06. The van der Waals surface area contributed by atoms with E-state index >= 15 is 0 Å². The van der Waals surface area contributed by atoms with Gasteiger partial charge in [-0.3, -0.25) is 4.79 Å². The number of rotatable bonds is 1. The Hall–Kier alpha value is -3.13. The summed E-state index contributed by atoms with van der Waals surface area (Å²) in [6.45, 7) is 0. The van der Waals surface area contributed by atoms with E-state index in [4.69, 9.17) is 4.74 Å². The number of phenolic OH excluding ortho intramolecular Hbond substituents is 5. The first kappa shape index (κ1) is 14.8. The molecule has 0 fully saturated rings. The Bertz CT molecular complexity index is 814. The molecule has 3 rings (SSSR count). The number of carbonyl (C=O) groups is 1. The molecule has 0 bridgehead atoms. The van der Waals surface area contributed by atoms with Crippen molar-refractivity contribution in [2.24, 2.45) is 0 Å². The average Bonchev–Trinajstić information content (AvgIpc) is 2.50. The van der Waals surface area contributed by atoms with Crippen molar-refractivity contribution in [3.63, 3.8) is 0 Å². The van der Waals surface area contributed by atoms with Gasteiger partial charge in [-0.1, -0.05) is 6.07 Å². The monoisotopic (exact) mass is 320 g/mol. The molecule has 6 N–H and O–H groups in total. The van der Waals surface area contributed by atoms with E-state index in [-0.39, 0.29) is 5.56 Å². The summed E-state index contributed by atoms with van der Waals surface area (Å²) < 4.78 is 5.35. The zero-order chi connectivity index (χ0) is 16.9. The molecule has 1 heterocycles. The highest BCUT2D eigenvalue weighted by atomic mass is 16.5. The van der Waals surface area contributed by atoms with Crippen LogP contribution in [0.4, 0.5) is 0 Å². The summed E-state index contributed by atoms with van der Waals surface area (Å²) in [5.41, 5.74) is -0.305. The van der Waals surface area contributed by atoms with E-state index < -0.39 is 58.1 Å². The van der Waals surface area contributed by atoms with E-state index in [1.165, 1.54) is 6.07 Å². The van der Waals surface area contributed by atoms with Gasteiger partial charge in [-0.2, -0.15) is 0 Å². The number of aliphatic hydroxyl groups excluding tert-OH is 1. The Labute approximate surface area is 129 Å². The van der Waals surface area contributed by atoms with Gasteiger partial charge in [0.2, 0.25) is 11.5 Å². The minimum absolute atomic E-state index is 0.147. The summed E-state index contributed by atoms with van der Waals surface area (Å²) in [5.74, 6) is -4.38. The molecule has 120 valence electrons. The van der Waals surface area contributed by atoms with Crippen LogP contribution in [0.1, 0.15) is 22.0 Å². The Morgan fingerprint density at radius 2 is 1.57 bits per heavy atom. The highest BCUT2D eigenvalue weighted by Crippen LogP contribution is 2.49. The molecule has 2 aromatic carbocycles. The number of ether oxygens (including phenoxy) is 1. The lowest BCUT2D eigenvalue weighted by molar-refractivity contribution is 0.0197. The molecule has 8 nitrogen and oxygen atoms in total. The van der Waals surface area contributed by atoms with Crippen LogP contribution in [0.15, 0.2) is 24.3 Å². The highest BCUT2D eigenvalue weighted by Gasteiger charge is 2.41. The molecule has 2 aromatic rings. The molecule has 8 heteroatoms. The van der Waals surface area contributed by atoms with Gasteiger partial charge >= 0.3 is 0 Å². The number of phenols is 5. The first-order valence-electron chi connectivity index (χ1n) is 6.50. The molecular weight excluding hydrogens is 308 g/mol. The van der Waals surface area contributed by atoms with Gasteiger partial charge in [-0.05, 0) is 17.7 Å². The number of aromatic hydroxyl groups is 5. The summed E-state index contributed by atoms with van der Waals surface area (Å²) in [7, 11) is 0. The van der Waals surface area contributed by atoms with E-state index in [1.807, 2.05) is 0 Å². The molecule has 1 aliphatic heterocycles. The van der Waals surface area contributed by atoms with Gasteiger partial charge in [0.25, 0.3) is 0 Å². The van der Waals surface area contributed by atoms with Crippen molar-refractivity contribution in [1.29, 1.82) is 0 Å². The molecule has 0 aliphatic carbocycles. The average molecular weight is 320 g/mol. The molecule has 2 atom stereocenters. The minimum atomic E-state index is -1.72. The SMILES string of the molecule is O=C1c2c(O)cc(O)c(O)c2O[C@H](c2ccc(O)c(O)c2)[C@H]1O. The number of fused-ring (bicyclic) bond motifs is 1. The maximum atomic E-state index is 12.2. The van der Waals surface area contributed by atoms with Crippen LogP contribution in [-0.4, -0.2) is 42.5 Å². The lowest BCUT2D eigenvalue weighted by Gasteiger charge is -2.30. The van der Waals surface area contributed by atoms with E-state index in [9.17, 15) is 35.4 Å². The number of hydrogen-bond donors (Lipinski definition) is 6. The maximum absolute atomic E-state index is 12.2. The lowest BCUT2D eigenvalue weighted by atomic mass is 9.92. The minimum Gasteiger partial charge on any atom is -0.507 e. The fourth-order valence-electron chi connectivity index (χ4n) is 2.42. The largest absolute Gasteiger partial charge is 0.507 e. The summed E-state index contributed by atoms with van der Waals surface area (Å²) in [6.07, 6.45) is -3.03. The predicted molar refractivity (Wildman–Crippen MR) is 74.9 cm³/mol. The van der Waals surface area contributed by atoms with Gasteiger partial charge in [0, 0.05) is 6.07 Å². The Kier molecular flexibility index (Phi) is 3.19. The second-order valence-corrected chi connectivity index (χ2v) is 5.06. The van der Waals surface area contributed by atoms with Crippen molar-refractivity contribution in [1.82, 2.24) is 0 Å². The summed E-state index contributed by atoms with van der Waals surface area (Å²) in [4.78, 5) is 12.2. The zero-order valence-corrected chi connectivity index (χ0v) is 11.5. The van der Waals surface area contributed by atoms with Crippen LogP contribution in [0.3, 0.4) is 0 Å². The van der Waals surface area contributed by atoms with Gasteiger partial charge in [-0.25, -0.2) is 0 Å². The van der Waals surface area contributed by atoms with Crippen molar-refractivity contribution >= 4 is 5.78 Å². The zero-order valence-electron chi connectivity index (χ0n) is 11.5. The molecule has 0 spiro atoms. The van der Waals surface area contributed by atoms with Crippen molar-refractivity contribution in [3.05, 3.63) is 35.4 Å². The maximum Gasteiger partial charge on any atom is 0.203 e. The van der Waals surface area contributed by atoms with Crippen molar-refractivity contribution in [2.45, 2.75) is 12.2 Å². The molecule has 0 saturated carbocycles. The fraction of sp³-hybridized carbons (Fsp3) is 0.133. The lowest BCUT2D eigenvalue weighted by Crippen LogP contribution is -2.36. The molecule has 0 radical (unpaired) electrons.